The van der Waals surface area contributed by atoms with Crippen molar-refractivity contribution in [2.75, 3.05) is 23.7 Å². The van der Waals surface area contributed by atoms with Crippen molar-refractivity contribution in [1.82, 2.24) is 10.2 Å². The van der Waals surface area contributed by atoms with E-state index in [1.807, 2.05) is 51.1 Å². The third kappa shape index (κ3) is 9.81. The van der Waals surface area contributed by atoms with E-state index in [1.165, 1.54) is 15.3 Å². The molecule has 0 spiro atoms. The first-order valence-electron chi connectivity index (χ1n) is 14.6. The van der Waals surface area contributed by atoms with Crippen molar-refractivity contribution >= 4 is 27.5 Å². The lowest BCUT2D eigenvalue weighted by Gasteiger charge is -2.33. The minimum Gasteiger partial charge on any atom is -0.492 e. The van der Waals surface area contributed by atoms with Gasteiger partial charge in [-0.1, -0.05) is 67.6 Å². The largest absolute Gasteiger partial charge is 0.492 e. The Morgan fingerprint density at radius 2 is 1.60 bits per heavy atom. The van der Waals surface area contributed by atoms with Gasteiger partial charge >= 0.3 is 0 Å². The van der Waals surface area contributed by atoms with Crippen molar-refractivity contribution < 1.29 is 27.1 Å². The zero-order valence-corrected chi connectivity index (χ0v) is 26.1. The SMILES string of the molecule is CCOc1ccccc1N(CCCC(=O)N(Cc1ccccc1F)[C@H](Cc1ccccc1)C(=O)N[C@H](C)CC)S(C)(=O)=O. The van der Waals surface area contributed by atoms with Gasteiger partial charge in [-0.25, -0.2) is 12.8 Å². The highest BCUT2D eigenvalue weighted by molar-refractivity contribution is 7.92. The van der Waals surface area contributed by atoms with Gasteiger partial charge in [0, 0.05) is 37.5 Å². The highest BCUT2D eigenvalue weighted by atomic mass is 32.2. The van der Waals surface area contributed by atoms with Crippen molar-refractivity contribution in [3.05, 3.63) is 95.8 Å². The van der Waals surface area contributed by atoms with Crippen LogP contribution in [0.25, 0.3) is 0 Å². The van der Waals surface area contributed by atoms with Gasteiger partial charge in [-0.05, 0) is 50.5 Å². The summed E-state index contributed by atoms with van der Waals surface area (Å²) >= 11 is 0. The molecule has 0 bridgehead atoms. The van der Waals surface area contributed by atoms with Gasteiger partial charge in [-0.2, -0.15) is 0 Å². The molecule has 10 heteroatoms. The van der Waals surface area contributed by atoms with Crippen molar-refractivity contribution in [3.63, 3.8) is 0 Å². The summed E-state index contributed by atoms with van der Waals surface area (Å²) in [7, 11) is -3.70. The van der Waals surface area contributed by atoms with Crippen LogP contribution in [0.5, 0.6) is 5.75 Å². The fraction of sp³-hybridized carbons (Fsp3) is 0.394. The second kappa shape index (κ2) is 16.1. The van der Waals surface area contributed by atoms with Crippen LogP contribution in [0.4, 0.5) is 10.1 Å². The zero-order chi connectivity index (χ0) is 31.4. The van der Waals surface area contributed by atoms with E-state index in [-0.39, 0.29) is 55.8 Å². The Kier molecular flexibility index (Phi) is 12.5. The number of amides is 2. The average molecular weight is 612 g/mol. The first-order valence-corrected chi connectivity index (χ1v) is 16.5. The Morgan fingerprint density at radius 3 is 2.26 bits per heavy atom. The molecule has 0 heterocycles. The number of sulfonamides is 1. The zero-order valence-electron chi connectivity index (χ0n) is 25.3. The summed E-state index contributed by atoms with van der Waals surface area (Å²) in [4.78, 5) is 29.0. The van der Waals surface area contributed by atoms with Crippen LogP contribution in [0.3, 0.4) is 0 Å². The molecule has 0 aliphatic carbocycles. The van der Waals surface area contributed by atoms with E-state index in [0.717, 1.165) is 11.8 Å². The molecular weight excluding hydrogens is 569 g/mol. The summed E-state index contributed by atoms with van der Waals surface area (Å²) in [6.07, 6.45) is 2.16. The van der Waals surface area contributed by atoms with E-state index in [4.69, 9.17) is 4.74 Å². The highest BCUT2D eigenvalue weighted by Crippen LogP contribution is 2.30. The number of hydrogen-bond acceptors (Lipinski definition) is 5. The lowest BCUT2D eigenvalue weighted by Crippen LogP contribution is -2.52. The molecule has 0 saturated carbocycles. The molecule has 232 valence electrons. The van der Waals surface area contributed by atoms with Crippen LogP contribution in [-0.2, 0) is 32.6 Å². The van der Waals surface area contributed by atoms with Crippen LogP contribution >= 0.6 is 0 Å². The van der Waals surface area contributed by atoms with E-state index >= 15 is 0 Å². The maximum Gasteiger partial charge on any atom is 0.243 e. The van der Waals surface area contributed by atoms with Crippen molar-refractivity contribution in [2.45, 2.75) is 65.1 Å². The number of hydrogen-bond donors (Lipinski definition) is 1. The van der Waals surface area contributed by atoms with Crippen molar-refractivity contribution in [1.29, 1.82) is 0 Å². The topological polar surface area (TPSA) is 96.0 Å². The number of carbonyl (C=O) groups is 2. The molecule has 0 radical (unpaired) electrons. The normalized spacial score (nSPS) is 12.7. The van der Waals surface area contributed by atoms with E-state index < -0.39 is 21.9 Å². The number of halogens is 1. The van der Waals surface area contributed by atoms with Gasteiger partial charge < -0.3 is 15.0 Å². The van der Waals surface area contributed by atoms with Crippen LogP contribution in [0, 0.1) is 5.82 Å². The van der Waals surface area contributed by atoms with Gasteiger partial charge in [0.05, 0.1) is 18.6 Å². The van der Waals surface area contributed by atoms with E-state index in [9.17, 15) is 22.4 Å². The number of ether oxygens (including phenoxy) is 1. The van der Waals surface area contributed by atoms with Crippen molar-refractivity contribution in [2.24, 2.45) is 0 Å². The molecule has 3 aromatic rings. The molecule has 2 amide bonds. The predicted octanol–water partition coefficient (Wildman–Crippen LogP) is 5.33. The first-order chi connectivity index (χ1) is 20.5. The Balaban J connectivity index is 1.91. The van der Waals surface area contributed by atoms with Gasteiger partial charge in [0.15, 0.2) is 0 Å². The quantitative estimate of drug-likeness (QED) is 0.236. The van der Waals surface area contributed by atoms with Gasteiger partial charge in [0.2, 0.25) is 21.8 Å². The van der Waals surface area contributed by atoms with Crippen LogP contribution < -0.4 is 14.4 Å². The molecule has 0 aliphatic heterocycles. The number of anilines is 1. The summed E-state index contributed by atoms with van der Waals surface area (Å²) in [5.41, 5.74) is 1.53. The maximum atomic E-state index is 14.8. The third-order valence-corrected chi connectivity index (χ3v) is 8.34. The number of rotatable bonds is 16. The molecule has 3 aromatic carbocycles. The standard InChI is InChI=1S/C33H42FN3O5S/c1-5-25(3)35-33(39)30(23-26-15-8-7-9-16-26)36(24-27-17-10-11-18-28(27)34)32(38)21-14-22-37(43(4,40)41)29-19-12-13-20-31(29)42-6-2/h7-13,15-20,25,30H,5-6,14,21-24H2,1-4H3,(H,35,39)/t25-,30-/m1/s1. The van der Waals surface area contributed by atoms with E-state index in [2.05, 4.69) is 5.32 Å². The Morgan fingerprint density at radius 1 is 0.953 bits per heavy atom. The molecule has 1 N–H and O–H groups in total. The van der Waals surface area contributed by atoms with E-state index in [1.54, 1.807) is 42.5 Å². The molecule has 3 rings (SSSR count). The first kappa shape index (κ1) is 33.6. The van der Waals surface area contributed by atoms with Crippen LogP contribution in [0.2, 0.25) is 0 Å². The average Bonchev–Trinajstić information content (AvgIpc) is 2.98. The maximum absolute atomic E-state index is 14.8. The van der Waals surface area contributed by atoms with Crippen LogP contribution in [0.15, 0.2) is 78.9 Å². The lowest BCUT2D eigenvalue weighted by atomic mass is 10.0. The smallest absolute Gasteiger partial charge is 0.243 e. The van der Waals surface area contributed by atoms with E-state index in [0.29, 0.717) is 24.5 Å². The molecule has 0 fully saturated rings. The minimum atomic E-state index is -3.70. The number of para-hydroxylation sites is 2. The second-order valence-corrected chi connectivity index (χ2v) is 12.4. The molecule has 43 heavy (non-hydrogen) atoms. The molecule has 8 nitrogen and oxygen atoms in total. The molecule has 0 saturated heterocycles. The fourth-order valence-corrected chi connectivity index (χ4v) is 5.70. The number of carbonyl (C=O) groups excluding carboxylic acids is 2. The summed E-state index contributed by atoms with van der Waals surface area (Å²) in [5, 5.41) is 2.99. The minimum absolute atomic E-state index is 0.0185. The second-order valence-electron chi connectivity index (χ2n) is 10.5. The third-order valence-electron chi connectivity index (χ3n) is 7.16. The molecule has 0 aliphatic rings. The highest BCUT2D eigenvalue weighted by Gasteiger charge is 2.31. The Hall–Kier alpha value is -3.92. The molecule has 0 aromatic heterocycles. The van der Waals surface area contributed by atoms with Crippen molar-refractivity contribution in [3.8, 4) is 5.75 Å². The summed E-state index contributed by atoms with van der Waals surface area (Å²) in [6, 6.07) is 21.4. The predicted molar refractivity (Wildman–Crippen MR) is 168 cm³/mol. The molecular formula is C33H42FN3O5S. The monoisotopic (exact) mass is 611 g/mol. The lowest BCUT2D eigenvalue weighted by molar-refractivity contribution is -0.141. The van der Waals surface area contributed by atoms with Crippen LogP contribution in [-0.4, -0.2) is 56.6 Å². The van der Waals surface area contributed by atoms with Gasteiger partial charge in [-0.3, -0.25) is 13.9 Å². The summed E-state index contributed by atoms with van der Waals surface area (Å²) in [6.45, 7) is 5.93. The summed E-state index contributed by atoms with van der Waals surface area (Å²) in [5.74, 6) is -0.759. The number of benzene rings is 3. The van der Waals surface area contributed by atoms with Gasteiger partial charge in [0.1, 0.15) is 17.6 Å². The summed E-state index contributed by atoms with van der Waals surface area (Å²) < 4.78 is 47.3. The Bertz CT molecular complexity index is 1450. The van der Waals surface area contributed by atoms with Crippen LogP contribution in [0.1, 0.15) is 51.2 Å². The molecule has 0 unspecified atom stereocenters. The van der Waals surface area contributed by atoms with Gasteiger partial charge in [0.25, 0.3) is 0 Å². The van der Waals surface area contributed by atoms with Gasteiger partial charge in [-0.15, -0.1) is 0 Å². The molecule has 2 atom stereocenters. The Labute approximate surface area is 254 Å². The number of nitrogens with zero attached hydrogens (tertiary/aromatic N) is 2. The number of nitrogens with one attached hydrogen (secondary N) is 1. The fourth-order valence-electron chi connectivity index (χ4n) is 4.73.